The second kappa shape index (κ2) is 13.4. The third-order valence-electron chi connectivity index (χ3n) is 5.05. The Kier molecular flexibility index (Phi) is 10.8. The average molecular weight is 741 g/mol. The van der Waals surface area contributed by atoms with Crippen molar-refractivity contribution in [3.8, 4) is 0 Å². The van der Waals surface area contributed by atoms with Gasteiger partial charge in [0.15, 0.2) is 5.11 Å². The van der Waals surface area contributed by atoms with Crippen molar-refractivity contribution in [2.24, 2.45) is 0 Å². The highest BCUT2D eigenvalue weighted by molar-refractivity contribution is 14.1. The fourth-order valence-electron chi connectivity index (χ4n) is 3.09. The molecular weight excluding hydrogens is 720 g/mol. The van der Waals surface area contributed by atoms with Crippen LogP contribution >= 0.6 is 69.6 Å². The van der Waals surface area contributed by atoms with Crippen LogP contribution in [-0.4, -0.2) is 35.3 Å². The highest BCUT2D eigenvalue weighted by Gasteiger charge is 2.35. The van der Waals surface area contributed by atoms with Gasteiger partial charge in [-0.05, 0) is 78.1 Å². The van der Waals surface area contributed by atoms with Gasteiger partial charge in [0.1, 0.15) is 6.17 Å². The van der Waals surface area contributed by atoms with Crippen LogP contribution in [0.4, 0.5) is 5.69 Å². The topological polar surface area (TPSA) is 128 Å². The zero-order chi connectivity index (χ0) is 28.8. The fourth-order valence-corrected chi connectivity index (χ4v) is 5.12. The van der Waals surface area contributed by atoms with E-state index in [2.05, 4.69) is 26.2 Å². The molecule has 2 amide bonds. The minimum absolute atomic E-state index is 0.0184. The molecule has 3 rings (SSSR count). The number of nitrogens with one attached hydrogen (secondary N) is 5. The second-order valence-corrected chi connectivity index (χ2v) is 13.6. The molecule has 0 bridgehead atoms. The fraction of sp³-hybridized carbons (Fsp3) is 0.125. The van der Waals surface area contributed by atoms with E-state index in [1.54, 1.807) is 48.5 Å². The Bertz CT molecular complexity index is 1490. The second-order valence-electron chi connectivity index (χ2n) is 7.94. The lowest BCUT2D eigenvalue weighted by Gasteiger charge is -2.28. The number of amides is 2. The van der Waals surface area contributed by atoms with Crippen molar-refractivity contribution in [1.29, 1.82) is 0 Å². The molecule has 206 valence electrons. The van der Waals surface area contributed by atoms with Gasteiger partial charge in [0, 0.05) is 3.57 Å². The minimum atomic E-state index is -4.01. The first-order valence-corrected chi connectivity index (χ1v) is 15.1. The first-order chi connectivity index (χ1) is 18.3. The Morgan fingerprint density at radius 2 is 1.46 bits per heavy atom. The Morgan fingerprint density at radius 3 is 2.08 bits per heavy atom. The molecule has 39 heavy (non-hydrogen) atoms. The van der Waals surface area contributed by atoms with Gasteiger partial charge < -0.3 is 16.0 Å². The van der Waals surface area contributed by atoms with Gasteiger partial charge in [0.05, 0.1) is 21.7 Å². The first kappa shape index (κ1) is 31.3. The number of aryl methyl sites for hydroxylation is 1. The molecule has 0 aliphatic rings. The summed E-state index contributed by atoms with van der Waals surface area (Å²) in [4.78, 5) is 27.7. The Balaban J connectivity index is 1.70. The van der Waals surface area contributed by atoms with E-state index < -0.39 is 31.8 Å². The smallest absolute Gasteiger partial charge is 0.268 e. The van der Waals surface area contributed by atoms with E-state index in [9.17, 15) is 18.0 Å². The van der Waals surface area contributed by atoms with Crippen LogP contribution in [0.3, 0.4) is 0 Å². The Hall–Kier alpha value is -2.20. The van der Waals surface area contributed by atoms with E-state index in [4.69, 9.17) is 47.0 Å². The van der Waals surface area contributed by atoms with E-state index in [1.165, 1.54) is 24.3 Å². The normalized spacial score (nSPS) is 12.2. The zero-order valence-corrected chi connectivity index (χ0v) is 26.0. The maximum absolute atomic E-state index is 12.8. The number of hydrogen-bond donors (Lipinski definition) is 5. The van der Waals surface area contributed by atoms with Crippen LogP contribution in [0.2, 0.25) is 0 Å². The van der Waals surface area contributed by atoms with E-state index in [1.807, 2.05) is 29.5 Å². The first-order valence-electron chi connectivity index (χ1n) is 11.0. The molecule has 9 nitrogen and oxygen atoms in total. The van der Waals surface area contributed by atoms with Crippen molar-refractivity contribution < 1.29 is 18.0 Å². The highest BCUT2D eigenvalue weighted by atomic mass is 127. The van der Waals surface area contributed by atoms with Crippen LogP contribution in [0.25, 0.3) is 0 Å². The summed E-state index contributed by atoms with van der Waals surface area (Å²) in [5, 5.41) is 8.03. The summed E-state index contributed by atoms with van der Waals surface area (Å²) in [5.41, 5.74) is 3.70. The predicted molar refractivity (Wildman–Crippen MR) is 165 cm³/mol. The zero-order valence-electron chi connectivity index (χ0n) is 20.0. The number of carbonyl (C=O) groups excluding carboxylic acids is 2. The lowest BCUT2D eigenvalue weighted by molar-refractivity contribution is 0.0930. The van der Waals surface area contributed by atoms with Gasteiger partial charge in [-0.2, -0.15) is 0 Å². The standard InChI is InChI=1S/C24H21Cl3IN5O4S2/c1-14-10-12-15(13-11-14)39(36,37)33-32-21(35)17-7-3-5-9-19(17)29-23(38)31-22(24(25,26)27)30-20(34)16-6-2-4-8-18(16)28/h2-13,22,33H,1H3,(H,30,34)(H,32,35)(H2,29,31,38). The van der Waals surface area contributed by atoms with Crippen molar-refractivity contribution in [3.63, 3.8) is 0 Å². The summed E-state index contributed by atoms with van der Waals surface area (Å²) in [5.74, 6) is -1.27. The molecule has 0 heterocycles. The van der Waals surface area contributed by atoms with Gasteiger partial charge in [0.2, 0.25) is 3.79 Å². The van der Waals surface area contributed by atoms with Crippen molar-refractivity contribution in [1.82, 2.24) is 20.9 Å². The van der Waals surface area contributed by atoms with Crippen molar-refractivity contribution in [2.45, 2.75) is 21.8 Å². The van der Waals surface area contributed by atoms with Gasteiger partial charge >= 0.3 is 0 Å². The monoisotopic (exact) mass is 739 g/mol. The van der Waals surface area contributed by atoms with Crippen LogP contribution in [0, 0.1) is 10.5 Å². The van der Waals surface area contributed by atoms with E-state index in [0.717, 1.165) is 5.56 Å². The van der Waals surface area contributed by atoms with Crippen LogP contribution < -0.4 is 26.2 Å². The van der Waals surface area contributed by atoms with Gasteiger partial charge in [-0.1, -0.05) is 76.8 Å². The summed E-state index contributed by atoms with van der Waals surface area (Å²) >= 11 is 25.6. The van der Waals surface area contributed by atoms with E-state index in [-0.39, 0.29) is 21.3 Å². The van der Waals surface area contributed by atoms with Crippen molar-refractivity contribution >= 4 is 102 Å². The summed E-state index contributed by atoms with van der Waals surface area (Å²) in [6.07, 6.45) is -1.26. The van der Waals surface area contributed by atoms with Gasteiger partial charge in [-0.25, -0.2) is 8.42 Å². The summed E-state index contributed by atoms with van der Waals surface area (Å²) in [6.45, 7) is 1.82. The average Bonchev–Trinajstić information content (AvgIpc) is 2.87. The number of hydrazine groups is 1. The van der Waals surface area contributed by atoms with Gasteiger partial charge in [-0.15, -0.1) is 4.83 Å². The summed E-state index contributed by atoms with van der Waals surface area (Å²) in [6, 6.07) is 19.2. The molecule has 0 aliphatic heterocycles. The molecule has 0 saturated heterocycles. The number of sulfonamides is 1. The molecule has 3 aromatic rings. The number of carbonyl (C=O) groups is 2. The minimum Gasteiger partial charge on any atom is -0.339 e. The van der Waals surface area contributed by atoms with E-state index >= 15 is 0 Å². The maximum atomic E-state index is 12.8. The SMILES string of the molecule is Cc1ccc(S(=O)(=O)NNC(=O)c2ccccc2NC(=S)NC(NC(=O)c2ccccc2I)C(Cl)(Cl)Cl)cc1. The number of para-hydroxylation sites is 1. The van der Waals surface area contributed by atoms with Gasteiger partial charge in [-0.3, -0.25) is 15.0 Å². The largest absolute Gasteiger partial charge is 0.339 e. The molecule has 0 fully saturated rings. The summed E-state index contributed by atoms with van der Waals surface area (Å²) < 4.78 is 23.7. The van der Waals surface area contributed by atoms with E-state index in [0.29, 0.717) is 9.13 Å². The van der Waals surface area contributed by atoms with Crippen LogP contribution in [0.5, 0.6) is 0 Å². The molecule has 1 unspecified atom stereocenters. The van der Waals surface area contributed by atoms with Crippen molar-refractivity contribution in [3.05, 3.63) is 93.1 Å². The molecule has 0 aromatic heterocycles. The van der Waals surface area contributed by atoms with Gasteiger partial charge in [0.25, 0.3) is 21.8 Å². The maximum Gasteiger partial charge on any atom is 0.268 e. The molecule has 0 saturated carbocycles. The lowest BCUT2D eigenvalue weighted by Crippen LogP contribution is -2.56. The van der Waals surface area contributed by atoms with Crippen LogP contribution in [0.15, 0.2) is 77.7 Å². The number of thiocarbonyl (C=S) groups is 1. The Morgan fingerprint density at radius 1 is 0.872 bits per heavy atom. The molecule has 0 radical (unpaired) electrons. The van der Waals surface area contributed by atoms with Crippen LogP contribution in [-0.2, 0) is 10.0 Å². The Labute approximate surface area is 259 Å². The number of hydrogen-bond acceptors (Lipinski definition) is 5. The molecule has 15 heteroatoms. The molecule has 3 aromatic carbocycles. The number of anilines is 1. The summed E-state index contributed by atoms with van der Waals surface area (Å²) in [7, 11) is -4.01. The lowest BCUT2D eigenvalue weighted by atomic mass is 10.1. The molecule has 5 N–H and O–H groups in total. The third-order valence-corrected chi connectivity index (χ3v) is 8.13. The molecule has 0 aliphatic carbocycles. The number of benzene rings is 3. The molecular formula is C24H21Cl3IN5O4S2. The number of rotatable bonds is 8. The number of alkyl halides is 3. The molecule has 0 spiro atoms. The highest BCUT2D eigenvalue weighted by Crippen LogP contribution is 2.29. The molecule has 1 atom stereocenters. The third kappa shape index (κ3) is 8.90. The predicted octanol–water partition coefficient (Wildman–Crippen LogP) is 4.64. The quantitative estimate of drug-likeness (QED) is 0.0750. The van der Waals surface area contributed by atoms with Crippen molar-refractivity contribution in [2.75, 3.05) is 5.32 Å². The number of halogens is 4. The van der Waals surface area contributed by atoms with Crippen LogP contribution in [0.1, 0.15) is 26.3 Å².